The van der Waals surface area contributed by atoms with Crippen molar-refractivity contribution in [3.05, 3.63) is 70.8 Å². The third-order valence-corrected chi connectivity index (χ3v) is 3.36. The lowest BCUT2D eigenvalue weighted by molar-refractivity contribution is 0.0950. The molecule has 0 aliphatic heterocycles. The molecule has 3 heteroatoms. The zero-order valence-electron chi connectivity index (χ0n) is 12.9. The van der Waals surface area contributed by atoms with E-state index in [9.17, 15) is 4.79 Å². The van der Waals surface area contributed by atoms with Crippen LogP contribution in [-0.2, 0) is 13.1 Å². The lowest BCUT2D eigenvalue weighted by Crippen LogP contribution is -2.23. The fraction of sp³-hybridized carbons (Fsp3) is 0.278. The summed E-state index contributed by atoms with van der Waals surface area (Å²) in [5, 5.41) is 2.97. The fourth-order valence-corrected chi connectivity index (χ4v) is 2.23. The van der Waals surface area contributed by atoms with Gasteiger partial charge in [-0.2, -0.15) is 0 Å². The first-order valence-corrected chi connectivity index (χ1v) is 7.12. The summed E-state index contributed by atoms with van der Waals surface area (Å²) in [5.74, 6) is -0.0227. The average molecular weight is 282 g/mol. The van der Waals surface area contributed by atoms with E-state index in [1.165, 1.54) is 5.56 Å². The SMILES string of the molecule is Cc1ccccc1C(=O)NCc1ccc(CN(C)C)cc1. The number of carbonyl (C=O) groups is 1. The molecule has 1 amide bonds. The lowest BCUT2D eigenvalue weighted by Gasteiger charge is -2.11. The molecule has 2 aromatic carbocycles. The molecule has 2 rings (SSSR count). The first-order chi connectivity index (χ1) is 10.1. The van der Waals surface area contributed by atoms with Crippen molar-refractivity contribution in [1.29, 1.82) is 0 Å². The largest absolute Gasteiger partial charge is 0.348 e. The highest BCUT2D eigenvalue weighted by Crippen LogP contribution is 2.09. The topological polar surface area (TPSA) is 32.3 Å². The van der Waals surface area contributed by atoms with Crippen molar-refractivity contribution >= 4 is 5.91 Å². The molecule has 21 heavy (non-hydrogen) atoms. The van der Waals surface area contributed by atoms with Gasteiger partial charge in [-0.3, -0.25) is 4.79 Å². The number of nitrogens with one attached hydrogen (secondary N) is 1. The van der Waals surface area contributed by atoms with Gasteiger partial charge in [-0.1, -0.05) is 42.5 Å². The molecule has 0 saturated carbocycles. The van der Waals surface area contributed by atoms with Crippen molar-refractivity contribution in [2.24, 2.45) is 0 Å². The van der Waals surface area contributed by atoms with Crippen molar-refractivity contribution in [1.82, 2.24) is 10.2 Å². The van der Waals surface area contributed by atoms with Crippen LogP contribution in [0.5, 0.6) is 0 Å². The average Bonchev–Trinajstić information content (AvgIpc) is 2.46. The monoisotopic (exact) mass is 282 g/mol. The normalized spacial score (nSPS) is 10.7. The predicted molar refractivity (Wildman–Crippen MR) is 86.2 cm³/mol. The summed E-state index contributed by atoms with van der Waals surface area (Å²) in [6.07, 6.45) is 0. The highest BCUT2D eigenvalue weighted by molar-refractivity contribution is 5.95. The summed E-state index contributed by atoms with van der Waals surface area (Å²) < 4.78 is 0. The number of carbonyl (C=O) groups excluding carboxylic acids is 1. The molecule has 0 aromatic heterocycles. The van der Waals surface area contributed by atoms with E-state index in [0.29, 0.717) is 6.54 Å². The van der Waals surface area contributed by atoms with Gasteiger partial charge in [0.25, 0.3) is 5.91 Å². The number of hydrogen-bond acceptors (Lipinski definition) is 2. The summed E-state index contributed by atoms with van der Waals surface area (Å²) >= 11 is 0. The molecular weight excluding hydrogens is 260 g/mol. The molecule has 0 heterocycles. The van der Waals surface area contributed by atoms with Gasteiger partial charge in [-0.25, -0.2) is 0 Å². The van der Waals surface area contributed by atoms with E-state index in [1.807, 2.05) is 31.2 Å². The van der Waals surface area contributed by atoms with Crippen molar-refractivity contribution < 1.29 is 4.79 Å². The van der Waals surface area contributed by atoms with E-state index in [0.717, 1.165) is 23.2 Å². The minimum Gasteiger partial charge on any atom is -0.348 e. The van der Waals surface area contributed by atoms with Gasteiger partial charge in [0.05, 0.1) is 0 Å². The maximum absolute atomic E-state index is 12.1. The zero-order valence-corrected chi connectivity index (χ0v) is 12.9. The van der Waals surface area contributed by atoms with Crippen LogP contribution < -0.4 is 5.32 Å². The molecule has 0 radical (unpaired) electrons. The lowest BCUT2D eigenvalue weighted by atomic mass is 10.1. The highest BCUT2D eigenvalue weighted by Gasteiger charge is 2.07. The van der Waals surface area contributed by atoms with Gasteiger partial charge in [0.2, 0.25) is 0 Å². The third-order valence-electron chi connectivity index (χ3n) is 3.36. The van der Waals surface area contributed by atoms with Crippen molar-refractivity contribution in [2.75, 3.05) is 14.1 Å². The van der Waals surface area contributed by atoms with Crippen LogP contribution in [0.4, 0.5) is 0 Å². The Morgan fingerprint density at radius 3 is 2.24 bits per heavy atom. The number of rotatable bonds is 5. The smallest absolute Gasteiger partial charge is 0.251 e. The number of amides is 1. The predicted octanol–water partition coefficient (Wildman–Crippen LogP) is 2.99. The van der Waals surface area contributed by atoms with Crippen LogP contribution in [0.1, 0.15) is 27.0 Å². The molecule has 2 aromatic rings. The molecule has 1 N–H and O–H groups in total. The van der Waals surface area contributed by atoms with Gasteiger partial charge in [-0.15, -0.1) is 0 Å². The van der Waals surface area contributed by atoms with Gasteiger partial charge in [0.15, 0.2) is 0 Å². The second-order valence-corrected chi connectivity index (χ2v) is 5.55. The molecular formula is C18H22N2O. The molecule has 0 atom stereocenters. The quantitative estimate of drug-likeness (QED) is 0.914. The van der Waals surface area contributed by atoms with Gasteiger partial charge < -0.3 is 10.2 Å². The summed E-state index contributed by atoms with van der Waals surface area (Å²) in [5.41, 5.74) is 4.12. The van der Waals surface area contributed by atoms with E-state index in [-0.39, 0.29) is 5.91 Å². The Morgan fingerprint density at radius 2 is 1.62 bits per heavy atom. The minimum absolute atomic E-state index is 0.0227. The van der Waals surface area contributed by atoms with Crippen LogP contribution in [0.15, 0.2) is 48.5 Å². The van der Waals surface area contributed by atoms with Crippen molar-refractivity contribution in [3.63, 3.8) is 0 Å². The van der Waals surface area contributed by atoms with Crippen LogP contribution in [0.3, 0.4) is 0 Å². The number of benzene rings is 2. The summed E-state index contributed by atoms with van der Waals surface area (Å²) in [7, 11) is 4.10. The standard InChI is InChI=1S/C18H22N2O/c1-14-6-4-5-7-17(14)18(21)19-12-15-8-10-16(11-9-15)13-20(2)3/h4-11H,12-13H2,1-3H3,(H,19,21). The molecule has 3 nitrogen and oxygen atoms in total. The summed E-state index contributed by atoms with van der Waals surface area (Å²) in [4.78, 5) is 14.3. The van der Waals surface area contributed by atoms with Crippen LogP contribution in [-0.4, -0.2) is 24.9 Å². The second-order valence-electron chi connectivity index (χ2n) is 5.55. The highest BCUT2D eigenvalue weighted by atomic mass is 16.1. The Balaban J connectivity index is 1.94. The summed E-state index contributed by atoms with van der Waals surface area (Å²) in [6.45, 7) is 3.43. The first-order valence-electron chi connectivity index (χ1n) is 7.12. The molecule has 0 fully saturated rings. The maximum Gasteiger partial charge on any atom is 0.251 e. The van der Waals surface area contributed by atoms with Crippen LogP contribution in [0.2, 0.25) is 0 Å². The number of aryl methyl sites for hydroxylation is 1. The van der Waals surface area contributed by atoms with E-state index < -0.39 is 0 Å². The van der Waals surface area contributed by atoms with E-state index in [4.69, 9.17) is 0 Å². The van der Waals surface area contributed by atoms with E-state index >= 15 is 0 Å². The van der Waals surface area contributed by atoms with Crippen molar-refractivity contribution in [2.45, 2.75) is 20.0 Å². The molecule has 110 valence electrons. The fourth-order valence-electron chi connectivity index (χ4n) is 2.23. The zero-order chi connectivity index (χ0) is 15.2. The second kappa shape index (κ2) is 7.04. The molecule has 0 aliphatic carbocycles. The molecule has 0 saturated heterocycles. The van der Waals surface area contributed by atoms with Crippen LogP contribution >= 0.6 is 0 Å². The Kier molecular flexibility index (Phi) is 5.12. The van der Waals surface area contributed by atoms with E-state index in [2.05, 4.69) is 48.6 Å². The van der Waals surface area contributed by atoms with Gasteiger partial charge in [-0.05, 0) is 43.8 Å². The Hall–Kier alpha value is -2.13. The first kappa shape index (κ1) is 15.3. The van der Waals surface area contributed by atoms with Crippen LogP contribution in [0, 0.1) is 6.92 Å². The molecule has 0 unspecified atom stereocenters. The third kappa shape index (κ3) is 4.43. The Bertz CT molecular complexity index is 603. The molecule has 0 aliphatic rings. The van der Waals surface area contributed by atoms with Crippen LogP contribution in [0.25, 0.3) is 0 Å². The van der Waals surface area contributed by atoms with Gasteiger partial charge in [0, 0.05) is 18.7 Å². The number of nitrogens with zero attached hydrogens (tertiary/aromatic N) is 1. The van der Waals surface area contributed by atoms with Gasteiger partial charge >= 0.3 is 0 Å². The number of hydrogen-bond donors (Lipinski definition) is 1. The van der Waals surface area contributed by atoms with Crippen molar-refractivity contribution in [3.8, 4) is 0 Å². The maximum atomic E-state index is 12.1. The Morgan fingerprint density at radius 1 is 1.00 bits per heavy atom. The molecule has 0 spiro atoms. The summed E-state index contributed by atoms with van der Waals surface area (Å²) in [6, 6.07) is 16.0. The van der Waals surface area contributed by atoms with E-state index in [1.54, 1.807) is 0 Å². The minimum atomic E-state index is -0.0227. The molecule has 0 bridgehead atoms. The van der Waals surface area contributed by atoms with Gasteiger partial charge in [0.1, 0.15) is 0 Å². The Labute approximate surface area is 126 Å².